The van der Waals surface area contributed by atoms with Crippen LogP contribution in [0.5, 0.6) is 0 Å². The Bertz CT molecular complexity index is 686. The van der Waals surface area contributed by atoms with Gasteiger partial charge in [-0.15, -0.1) is 0 Å². The highest BCUT2D eigenvalue weighted by molar-refractivity contribution is 6.15. The second-order valence-corrected chi connectivity index (χ2v) is 5.18. The van der Waals surface area contributed by atoms with Gasteiger partial charge in [0.1, 0.15) is 5.41 Å². The third kappa shape index (κ3) is 1.90. The maximum absolute atomic E-state index is 12.6. The number of carbonyl (C=O) groups is 1. The number of esters is 1. The highest BCUT2D eigenvalue weighted by atomic mass is 16.5. The second kappa shape index (κ2) is 5.21. The third-order valence-corrected chi connectivity index (χ3v) is 4.18. The average molecular weight is 278 g/mol. The Morgan fingerprint density at radius 2 is 1.57 bits per heavy atom. The van der Waals surface area contributed by atoms with Crippen molar-refractivity contribution in [3.05, 3.63) is 77.4 Å². The lowest BCUT2D eigenvalue weighted by molar-refractivity contribution is -0.142. The van der Waals surface area contributed by atoms with E-state index in [1.165, 1.54) is 7.11 Å². The Morgan fingerprint density at radius 3 is 2.10 bits per heavy atom. The van der Waals surface area contributed by atoms with E-state index in [1.54, 1.807) is 0 Å². The van der Waals surface area contributed by atoms with E-state index >= 15 is 0 Å². The number of hydrogen-bond donors (Lipinski definition) is 0. The molecule has 0 radical (unpaired) electrons. The van der Waals surface area contributed by atoms with Crippen molar-refractivity contribution in [3.8, 4) is 0 Å². The van der Waals surface area contributed by atoms with Gasteiger partial charge < -0.3 is 4.74 Å². The van der Waals surface area contributed by atoms with E-state index in [-0.39, 0.29) is 5.97 Å². The first-order valence-corrected chi connectivity index (χ1v) is 7.20. The van der Waals surface area contributed by atoms with Crippen LogP contribution in [-0.4, -0.2) is 13.1 Å². The van der Waals surface area contributed by atoms with Crippen LogP contribution in [0.2, 0.25) is 0 Å². The molecule has 0 aliphatic heterocycles. The van der Waals surface area contributed by atoms with E-state index in [4.69, 9.17) is 4.74 Å². The van der Waals surface area contributed by atoms with E-state index in [0.717, 1.165) is 28.7 Å². The van der Waals surface area contributed by atoms with Crippen LogP contribution in [-0.2, 0) is 14.9 Å². The molecule has 2 aromatic carbocycles. The molecule has 0 spiro atoms. The fourth-order valence-electron chi connectivity index (χ4n) is 3.27. The van der Waals surface area contributed by atoms with E-state index < -0.39 is 5.41 Å². The normalized spacial score (nSPS) is 20.3. The molecule has 0 N–H and O–H groups in total. The molecule has 1 aliphatic carbocycles. The third-order valence-electron chi connectivity index (χ3n) is 4.18. The van der Waals surface area contributed by atoms with Crippen LogP contribution in [0, 0.1) is 0 Å². The Balaban J connectivity index is 2.15. The van der Waals surface area contributed by atoms with Gasteiger partial charge in [0.25, 0.3) is 0 Å². The number of benzene rings is 2. The van der Waals surface area contributed by atoms with Gasteiger partial charge >= 0.3 is 5.97 Å². The van der Waals surface area contributed by atoms with Crippen molar-refractivity contribution in [2.75, 3.05) is 7.11 Å². The zero-order valence-corrected chi connectivity index (χ0v) is 12.3. The minimum atomic E-state index is -0.688. The molecule has 2 nitrogen and oxygen atoms in total. The fourth-order valence-corrected chi connectivity index (χ4v) is 3.27. The molecule has 2 aromatic rings. The van der Waals surface area contributed by atoms with Crippen molar-refractivity contribution >= 4 is 11.5 Å². The zero-order chi connectivity index (χ0) is 14.9. The molecule has 0 heterocycles. The lowest BCUT2D eigenvalue weighted by Crippen LogP contribution is -2.27. The highest BCUT2D eigenvalue weighted by Gasteiger charge is 2.60. The standard InChI is InChI=1S/C19H18O2/c1-3-16-17(14-10-6-4-7-11-14)19(16,18(20)21-2)15-12-8-5-9-13-15/h4-13H,3H2,1-2H3/t19-/m1/s1. The van der Waals surface area contributed by atoms with Crippen LogP contribution in [0.15, 0.2) is 66.2 Å². The Kier molecular flexibility index (Phi) is 3.38. The van der Waals surface area contributed by atoms with Crippen molar-refractivity contribution in [3.63, 3.8) is 0 Å². The molecule has 3 rings (SSSR count). The van der Waals surface area contributed by atoms with Gasteiger partial charge in [-0.1, -0.05) is 67.6 Å². The Hall–Kier alpha value is -2.35. The first kappa shape index (κ1) is 13.6. The summed E-state index contributed by atoms with van der Waals surface area (Å²) in [7, 11) is 1.46. The molecular formula is C19H18O2. The van der Waals surface area contributed by atoms with Crippen molar-refractivity contribution in [2.45, 2.75) is 18.8 Å². The maximum Gasteiger partial charge on any atom is 0.325 e. The van der Waals surface area contributed by atoms with Crippen LogP contribution in [0.4, 0.5) is 0 Å². The predicted octanol–water partition coefficient (Wildman–Crippen LogP) is 3.97. The summed E-state index contributed by atoms with van der Waals surface area (Å²) in [5.74, 6) is -0.190. The lowest BCUT2D eigenvalue weighted by Gasteiger charge is -2.18. The summed E-state index contributed by atoms with van der Waals surface area (Å²) in [6.07, 6.45) is 0.841. The van der Waals surface area contributed by atoms with Gasteiger partial charge in [-0.05, 0) is 28.7 Å². The molecule has 0 unspecified atom stereocenters. The predicted molar refractivity (Wildman–Crippen MR) is 83.8 cm³/mol. The summed E-state index contributed by atoms with van der Waals surface area (Å²) >= 11 is 0. The van der Waals surface area contributed by atoms with Gasteiger partial charge in [-0.3, -0.25) is 4.79 Å². The largest absolute Gasteiger partial charge is 0.468 e. The number of carbonyl (C=O) groups excluding carboxylic acids is 1. The SMILES string of the molecule is CCC1=C(c2ccccc2)[C@@]1(C(=O)OC)c1ccccc1. The van der Waals surface area contributed by atoms with Crippen LogP contribution in [0.3, 0.4) is 0 Å². The maximum atomic E-state index is 12.6. The molecule has 0 aromatic heterocycles. The van der Waals surface area contributed by atoms with Crippen LogP contribution >= 0.6 is 0 Å². The molecule has 0 saturated heterocycles. The highest BCUT2D eigenvalue weighted by Crippen LogP contribution is 2.61. The first-order valence-electron chi connectivity index (χ1n) is 7.20. The van der Waals surface area contributed by atoms with Crippen LogP contribution in [0.1, 0.15) is 24.5 Å². The van der Waals surface area contributed by atoms with E-state index in [0.29, 0.717) is 0 Å². The smallest absolute Gasteiger partial charge is 0.325 e. The first-order chi connectivity index (χ1) is 10.3. The molecule has 0 bridgehead atoms. The Labute approximate surface area is 125 Å². The van der Waals surface area contributed by atoms with Crippen molar-refractivity contribution in [2.24, 2.45) is 0 Å². The molecule has 21 heavy (non-hydrogen) atoms. The van der Waals surface area contributed by atoms with Crippen LogP contribution in [0.25, 0.3) is 5.57 Å². The van der Waals surface area contributed by atoms with Gasteiger partial charge in [0.05, 0.1) is 7.11 Å². The molecule has 1 atom stereocenters. The van der Waals surface area contributed by atoms with Gasteiger partial charge in [-0.25, -0.2) is 0 Å². The summed E-state index contributed by atoms with van der Waals surface area (Å²) < 4.78 is 5.14. The minimum absolute atomic E-state index is 0.190. The van der Waals surface area contributed by atoms with Gasteiger partial charge in [-0.2, -0.15) is 0 Å². The lowest BCUT2D eigenvalue weighted by atomic mass is 9.86. The number of ether oxygens (including phenoxy) is 1. The van der Waals surface area contributed by atoms with Gasteiger partial charge in [0.2, 0.25) is 0 Å². The summed E-state index contributed by atoms with van der Waals surface area (Å²) in [4.78, 5) is 12.6. The second-order valence-electron chi connectivity index (χ2n) is 5.18. The topological polar surface area (TPSA) is 26.3 Å². The van der Waals surface area contributed by atoms with E-state index in [2.05, 4.69) is 19.1 Å². The number of methoxy groups -OCH3 is 1. The molecule has 2 heteroatoms. The molecular weight excluding hydrogens is 260 g/mol. The average Bonchev–Trinajstić information content (AvgIpc) is 3.26. The monoisotopic (exact) mass is 278 g/mol. The van der Waals surface area contributed by atoms with Gasteiger partial charge in [0.15, 0.2) is 0 Å². The summed E-state index contributed by atoms with van der Waals surface area (Å²) in [6, 6.07) is 20.0. The minimum Gasteiger partial charge on any atom is -0.468 e. The van der Waals surface area contributed by atoms with Gasteiger partial charge in [0, 0.05) is 0 Å². The molecule has 0 amide bonds. The summed E-state index contributed by atoms with van der Waals surface area (Å²) in [5.41, 5.74) is 3.66. The van der Waals surface area contributed by atoms with E-state index in [9.17, 15) is 4.79 Å². The van der Waals surface area contributed by atoms with Crippen LogP contribution < -0.4 is 0 Å². The summed E-state index contributed by atoms with van der Waals surface area (Å²) in [6.45, 7) is 2.09. The van der Waals surface area contributed by atoms with Crippen molar-refractivity contribution in [1.82, 2.24) is 0 Å². The summed E-state index contributed by atoms with van der Waals surface area (Å²) in [5, 5.41) is 0. The molecule has 0 fully saturated rings. The fraction of sp³-hybridized carbons (Fsp3) is 0.211. The molecule has 0 saturated carbocycles. The molecule has 1 aliphatic rings. The zero-order valence-electron chi connectivity index (χ0n) is 12.3. The Morgan fingerprint density at radius 1 is 1.00 bits per heavy atom. The number of hydrogen-bond acceptors (Lipinski definition) is 2. The quantitative estimate of drug-likeness (QED) is 0.791. The molecule has 106 valence electrons. The van der Waals surface area contributed by atoms with E-state index in [1.807, 2.05) is 48.5 Å². The van der Waals surface area contributed by atoms with Crippen molar-refractivity contribution < 1.29 is 9.53 Å². The van der Waals surface area contributed by atoms with Crippen molar-refractivity contribution in [1.29, 1.82) is 0 Å². The number of rotatable bonds is 4.